The Bertz CT molecular complexity index is 588. The zero-order valence-corrected chi connectivity index (χ0v) is 13.0. The van der Waals surface area contributed by atoms with E-state index in [0.29, 0.717) is 12.5 Å². The van der Waals surface area contributed by atoms with Gasteiger partial charge in [-0.05, 0) is 19.1 Å². The van der Waals surface area contributed by atoms with Gasteiger partial charge < -0.3 is 5.11 Å². The van der Waals surface area contributed by atoms with Crippen LogP contribution in [0.1, 0.15) is 5.56 Å². The second-order valence-corrected chi connectivity index (χ2v) is 5.88. The Labute approximate surface area is 129 Å². The summed E-state index contributed by atoms with van der Waals surface area (Å²) >= 11 is 0. The third-order valence-corrected chi connectivity index (χ3v) is 3.50. The topological polar surface area (TPSA) is 140 Å². The molecule has 0 unspecified atom stereocenters. The van der Waals surface area contributed by atoms with Gasteiger partial charge in [-0.3, -0.25) is 15.0 Å². The molecule has 0 saturated heterocycles. The molecule has 6 N–H and O–H groups in total. The lowest BCUT2D eigenvalue weighted by molar-refractivity contribution is 0.287. The highest BCUT2D eigenvalue weighted by atomic mass is 32.2. The molecule has 2 rings (SSSR count). The monoisotopic (exact) mass is 331 g/mol. The Hall–Kier alpha value is -1.72. The van der Waals surface area contributed by atoms with Crippen LogP contribution >= 0.6 is 0 Å². The molecule has 10 heteroatoms. The van der Waals surface area contributed by atoms with Crippen LogP contribution in [0.5, 0.6) is 0 Å². The molecular formula is C12H21N5O4S. The molecule has 0 aromatic heterocycles. The minimum absolute atomic E-state index is 0.0666. The van der Waals surface area contributed by atoms with Crippen LogP contribution < -0.4 is 16.7 Å². The number of aliphatic hydroxyl groups excluding tert-OH is 1. The van der Waals surface area contributed by atoms with Gasteiger partial charge in [0.05, 0.1) is 24.6 Å². The van der Waals surface area contributed by atoms with Crippen LogP contribution in [-0.2, 0) is 10.1 Å². The first-order chi connectivity index (χ1) is 10.3. The normalized spacial score (nSPS) is 14.2. The highest BCUT2D eigenvalue weighted by molar-refractivity contribution is 7.85. The molecule has 0 saturated carbocycles. The predicted molar refractivity (Wildman–Crippen MR) is 82.4 cm³/mol. The van der Waals surface area contributed by atoms with E-state index in [2.05, 4.69) is 15.8 Å². The van der Waals surface area contributed by atoms with E-state index < -0.39 is 10.1 Å². The largest absolute Gasteiger partial charge is 0.395 e. The average molecular weight is 331 g/mol. The summed E-state index contributed by atoms with van der Waals surface area (Å²) in [4.78, 5) is 3.98. The number of aliphatic imine (C=N–C) groups is 1. The first-order valence-corrected chi connectivity index (χ1v) is 7.99. The number of guanidine groups is 1. The van der Waals surface area contributed by atoms with Crippen molar-refractivity contribution >= 4 is 16.1 Å². The van der Waals surface area contributed by atoms with Crippen molar-refractivity contribution in [2.24, 2.45) is 10.8 Å². The molecule has 0 aliphatic carbocycles. The zero-order chi connectivity index (χ0) is 16.6. The SMILES string of the molecule is Cc1ccc(S(=O)(=O)O)cc1.NN1CCN=C1NNCCO. The molecule has 0 spiro atoms. The number of nitrogens with two attached hydrogens (primary N) is 1. The number of hydrogen-bond acceptors (Lipinski definition) is 8. The van der Waals surface area contributed by atoms with Crippen molar-refractivity contribution in [2.45, 2.75) is 11.8 Å². The van der Waals surface area contributed by atoms with E-state index in [1.54, 1.807) is 12.1 Å². The van der Waals surface area contributed by atoms with Gasteiger partial charge >= 0.3 is 0 Å². The minimum atomic E-state index is -4.02. The molecule has 0 radical (unpaired) electrons. The van der Waals surface area contributed by atoms with Gasteiger partial charge in [0.15, 0.2) is 0 Å². The maximum Gasteiger partial charge on any atom is 0.294 e. The van der Waals surface area contributed by atoms with Gasteiger partial charge in [0.25, 0.3) is 10.1 Å². The molecular weight excluding hydrogens is 310 g/mol. The van der Waals surface area contributed by atoms with E-state index in [1.165, 1.54) is 17.1 Å². The molecule has 1 aliphatic heterocycles. The third kappa shape index (κ3) is 6.37. The fourth-order valence-electron chi connectivity index (χ4n) is 1.48. The van der Waals surface area contributed by atoms with Crippen LogP contribution in [0.15, 0.2) is 34.2 Å². The fraction of sp³-hybridized carbons (Fsp3) is 0.417. The number of nitrogens with one attached hydrogen (secondary N) is 2. The van der Waals surface area contributed by atoms with Crippen molar-refractivity contribution in [1.82, 2.24) is 15.9 Å². The van der Waals surface area contributed by atoms with Crippen LogP contribution in [0, 0.1) is 6.92 Å². The zero-order valence-electron chi connectivity index (χ0n) is 12.2. The van der Waals surface area contributed by atoms with E-state index in [1.807, 2.05) is 6.92 Å². The quantitative estimate of drug-likeness (QED) is 0.202. The first-order valence-electron chi connectivity index (χ1n) is 6.55. The van der Waals surface area contributed by atoms with Crippen molar-refractivity contribution < 1.29 is 18.1 Å². The molecule has 22 heavy (non-hydrogen) atoms. The van der Waals surface area contributed by atoms with E-state index >= 15 is 0 Å². The number of nitrogens with zero attached hydrogens (tertiary/aromatic N) is 2. The molecule has 1 aromatic rings. The van der Waals surface area contributed by atoms with Gasteiger partial charge in [-0.25, -0.2) is 16.3 Å². The Morgan fingerprint density at radius 2 is 2.00 bits per heavy atom. The van der Waals surface area contributed by atoms with Gasteiger partial charge in [0.2, 0.25) is 5.96 Å². The number of aliphatic hydroxyl groups is 1. The fourth-order valence-corrected chi connectivity index (χ4v) is 1.96. The van der Waals surface area contributed by atoms with Gasteiger partial charge in [-0.1, -0.05) is 17.7 Å². The van der Waals surface area contributed by atoms with Gasteiger partial charge in [0, 0.05) is 6.54 Å². The Morgan fingerprint density at radius 3 is 2.45 bits per heavy atom. The van der Waals surface area contributed by atoms with Crippen molar-refractivity contribution in [3.8, 4) is 0 Å². The van der Waals surface area contributed by atoms with Crippen molar-refractivity contribution in [3.63, 3.8) is 0 Å². The maximum atomic E-state index is 10.5. The molecule has 0 amide bonds. The van der Waals surface area contributed by atoms with Crippen LogP contribution in [0.2, 0.25) is 0 Å². The molecule has 0 fully saturated rings. The molecule has 9 nitrogen and oxygen atoms in total. The number of benzene rings is 1. The smallest absolute Gasteiger partial charge is 0.294 e. The Balaban J connectivity index is 0.000000220. The maximum absolute atomic E-state index is 10.5. The van der Waals surface area contributed by atoms with Gasteiger partial charge in [-0.15, -0.1) is 0 Å². The summed E-state index contributed by atoms with van der Waals surface area (Å²) in [5, 5.41) is 9.94. The highest BCUT2D eigenvalue weighted by Crippen LogP contribution is 2.08. The summed E-state index contributed by atoms with van der Waals surface area (Å²) in [6.07, 6.45) is 0. The number of aryl methyl sites for hydroxylation is 1. The van der Waals surface area contributed by atoms with E-state index in [4.69, 9.17) is 15.5 Å². The molecule has 0 atom stereocenters. The van der Waals surface area contributed by atoms with Crippen LogP contribution in [0.3, 0.4) is 0 Å². The Kier molecular flexibility index (Phi) is 7.21. The molecule has 1 aromatic carbocycles. The van der Waals surface area contributed by atoms with E-state index in [0.717, 1.165) is 18.7 Å². The molecule has 124 valence electrons. The standard InChI is InChI=1S/C7H8O3S.C5H13N5O/c1-6-2-4-7(5-3-6)11(8,9)10;6-10-3-1-7-5(10)9-8-2-4-11/h2-5H,1H3,(H,8,9,10);8,11H,1-4,6H2,(H,7,9). The number of rotatable bonds is 4. The van der Waals surface area contributed by atoms with Crippen LogP contribution in [-0.4, -0.2) is 55.3 Å². The summed E-state index contributed by atoms with van der Waals surface area (Å²) in [6, 6.07) is 5.99. The molecule has 0 bridgehead atoms. The Morgan fingerprint density at radius 1 is 1.36 bits per heavy atom. The summed E-state index contributed by atoms with van der Waals surface area (Å²) < 4.78 is 29.6. The second kappa shape index (κ2) is 8.66. The van der Waals surface area contributed by atoms with Crippen molar-refractivity contribution in [3.05, 3.63) is 29.8 Å². The average Bonchev–Trinajstić information content (AvgIpc) is 2.85. The van der Waals surface area contributed by atoms with Crippen molar-refractivity contribution in [1.29, 1.82) is 0 Å². The van der Waals surface area contributed by atoms with Crippen LogP contribution in [0.25, 0.3) is 0 Å². The van der Waals surface area contributed by atoms with Gasteiger partial charge in [-0.2, -0.15) is 8.42 Å². The highest BCUT2D eigenvalue weighted by Gasteiger charge is 2.11. The van der Waals surface area contributed by atoms with E-state index in [9.17, 15) is 8.42 Å². The van der Waals surface area contributed by atoms with Gasteiger partial charge in [0.1, 0.15) is 0 Å². The van der Waals surface area contributed by atoms with Crippen LogP contribution in [0.4, 0.5) is 0 Å². The number of hydrazine groups is 2. The minimum Gasteiger partial charge on any atom is -0.395 e. The summed E-state index contributed by atoms with van der Waals surface area (Å²) in [5.74, 6) is 6.12. The van der Waals surface area contributed by atoms with Crippen molar-refractivity contribution in [2.75, 3.05) is 26.2 Å². The summed E-state index contributed by atoms with van der Waals surface area (Å²) in [6.45, 7) is 3.87. The van der Waals surface area contributed by atoms with E-state index in [-0.39, 0.29) is 11.5 Å². The predicted octanol–water partition coefficient (Wildman–Crippen LogP) is -1.14. The summed E-state index contributed by atoms with van der Waals surface area (Å²) in [5.41, 5.74) is 6.48. The lowest BCUT2D eigenvalue weighted by atomic mass is 10.2. The third-order valence-electron chi connectivity index (χ3n) is 2.63. The molecule has 1 aliphatic rings. The lowest BCUT2D eigenvalue weighted by Gasteiger charge is -2.14. The lowest BCUT2D eigenvalue weighted by Crippen LogP contribution is -2.49. The number of hydrogen-bond donors (Lipinski definition) is 5. The molecule has 1 heterocycles. The first kappa shape index (κ1) is 18.3. The second-order valence-electron chi connectivity index (χ2n) is 4.46. The summed E-state index contributed by atoms with van der Waals surface area (Å²) in [7, 11) is -4.02.